The molecule has 0 saturated carbocycles. The molecule has 2 N–H and O–H groups in total. The Morgan fingerprint density at radius 2 is 2.09 bits per heavy atom. The monoisotopic (exact) mass is 159 g/mol. The minimum Gasteiger partial charge on any atom is -0.447 e. The van der Waals surface area contributed by atoms with E-state index in [4.69, 9.17) is 5.73 Å². The number of hydrogen-bond donors (Lipinski definition) is 1. The Hall–Kier alpha value is -1.06. The molecule has 64 valence electrons. The maximum Gasteiger partial charge on any atom is 0.404 e. The highest BCUT2D eigenvalue weighted by Gasteiger charge is 2.06. The van der Waals surface area contributed by atoms with Crippen molar-refractivity contribution in [1.29, 1.82) is 0 Å². The lowest BCUT2D eigenvalue weighted by Crippen LogP contribution is -2.20. The lowest BCUT2D eigenvalue weighted by Gasteiger charge is -2.08. The zero-order valence-corrected chi connectivity index (χ0v) is 6.79. The standard InChI is InChI=1S/C7H13NO3/c1-5(9)3-4-6(2)11-7(8)10/h6H,3-4H2,1-2H3,(H2,8,10). The van der Waals surface area contributed by atoms with Crippen LogP contribution >= 0.6 is 0 Å². The Morgan fingerprint density at radius 1 is 1.55 bits per heavy atom. The Kier molecular flexibility index (Phi) is 4.26. The summed E-state index contributed by atoms with van der Waals surface area (Å²) in [6, 6.07) is 0. The van der Waals surface area contributed by atoms with Gasteiger partial charge in [-0.3, -0.25) is 0 Å². The zero-order valence-electron chi connectivity index (χ0n) is 6.79. The molecule has 1 unspecified atom stereocenters. The number of amides is 1. The predicted molar refractivity (Wildman–Crippen MR) is 40.0 cm³/mol. The van der Waals surface area contributed by atoms with Crippen LogP contribution in [0.5, 0.6) is 0 Å². The summed E-state index contributed by atoms with van der Waals surface area (Å²) >= 11 is 0. The molecule has 0 aromatic carbocycles. The van der Waals surface area contributed by atoms with Crippen molar-refractivity contribution in [3.63, 3.8) is 0 Å². The molecule has 0 aliphatic heterocycles. The molecule has 0 fully saturated rings. The van der Waals surface area contributed by atoms with Crippen LogP contribution in [-0.4, -0.2) is 18.0 Å². The largest absolute Gasteiger partial charge is 0.447 e. The second kappa shape index (κ2) is 4.71. The Morgan fingerprint density at radius 3 is 2.45 bits per heavy atom. The van der Waals surface area contributed by atoms with Gasteiger partial charge in [-0.05, 0) is 20.3 Å². The highest BCUT2D eigenvalue weighted by atomic mass is 16.6. The normalized spacial score (nSPS) is 12.2. The fourth-order valence-corrected chi connectivity index (χ4v) is 0.664. The molecule has 0 aliphatic rings. The molecule has 0 saturated heterocycles. The topological polar surface area (TPSA) is 69.4 Å². The summed E-state index contributed by atoms with van der Waals surface area (Å²) in [5, 5.41) is 0. The lowest BCUT2D eigenvalue weighted by molar-refractivity contribution is -0.117. The van der Waals surface area contributed by atoms with Gasteiger partial charge in [0.2, 0.25) is 0 Å². The van der Waals surface area contributed by atoms with Gasteiger partial charge in [0.05, 0.1) is 0 Å². The van der Waals surface area contributed by atoms with Crippen molar-refractivity contribution in [2.45, 2.75) is 32.8 Å². The SMILES string of the molecule is CC(=O)CCC(C)OC(N)=O. The van der Waals surface area contributed by atoms with Crippen LogP contribution < -0.4 is 5.73 Å². The van der Waals surface area contributed by atoms with Crippen LogP contribution in [0.2, 0.25) is 0 Å². The van der Waals surface area contributed by atoms with Gasteiger partial charge in [-0.1, -0.05) is 0 Å². The molecule has 0 aliphatic carbocycles. The molecule has 0 bridgehead atoms. The van der Waals surface area contributed by atoms with Crippen LogP contribution in [0.25, 0.3) is 0 Å². The second-order valence-corrected chi connectivity index (χ2v) is 2.49. The zero-order chi connectivity index (χ0) is 8.85. The molecule has 11 heavy (non-hydrogen) atoms. The first-order valence-corrected chi connectivity index (χ1v) is 3.48. The minimum atomic E-state index is -0.791. The third-order valence-corrected chi connectivity index (χ3v) is 1.22. The van der Waals surface area contributed by atoms with Gasteiger partial charge >= 0.3 is 6.09 Å². The van der Waals surface area contributed by atoms with E-state index in [0.717, 1.165) is 0 Å². The summed E-state index contributed by atoms with van der Waals surface area (Å²) < 4.78 is 4.59. The average Bonchev–Trinajstić information content (AvgIpc) is 1.82. The van der Waals surface area contributed by atoms with Crippen molar-refractivity contribution in [2.75, 3.05) is 0 Å². The van der Waals surface area contributed by atoms with Crippen molar-refractivity contribution < 1.29 is 14.3 Å². The van der Waals surface area contributed by atoms with Gasteiger partial charge in [-0.15, -0.1) is 0 Å². The molecule has 0 aromatic rings. The molecule has 0 radical (unpaired) electrons. The number of rotatable bonds is 4. The summed E-state index contributed by atoms with van der Waals surface area (Å²) in [5.74, 6) is 0.0879. The van der Waals surface area contributed by atoms with E-state index in [1.807, 2.05) is 0 Å². The summed E-state index contributed by atoms with van der Waals surface area (Å²) in [4.78, 5) is 20.6. The predicted octanol–water partition coefficient (Wildman–Crippen LogP) is 0.839. The number of hydrogen-bond acceptors (Lipinski definition) is 3. The molecule has 1 amide bonds. The van der Waals surface area contributed by atoms with E-state index >= 15 is 0 Å². The van der Waals surface area contributed by atoms with Gasteiger partial charge in [0.15, 0.2) is 0 Å². The van der Waals surface area contributed by atoms with E-state index in [-0.39, 0.29) is 11.9 Å². The third kappa shape index (κ3) is 6.83. The molecule has 1 atom stereocenters. The summed E-state index contributed by atoms with van der Waals surface area (Å²) in [6.07, 6.45) is -0.0929. The van der Waals surface area contributed by atoms with Crippen LogP contribution in [0.4, 0.5) is 4.79 Å². The van der Waals surface area contributed by atoms with E-state index in [0.29, 0.717) is 12.8 Å². The Labute approximate surface area is 65.7 Å². The van der Waals surface area contributed by atoms with Crippen LogP contribution in [-0.2, 0) is 9.53 Å². The first-order chi connectivity index (χ1) is 5.02. The highest BCUT2D eigenvalue weighted by molar-refractivity contribution is 5.75. The van der Waals surface area contributed by atoms with Gasteiger partial charge in [0.1, 0.15) is 11.9 Å². The van der Waals surface area contributed by atoms with Crippen LogP contribution in [0.15, 0.2) is 0 Å². The number of nitrogens with two attached hydrogens (primary N) is 1. The molecule has 0 rings (SSSR count). The van der Waals surface area contributed by atoms with Crippen molar-refractivity contribution in [1.82, 2.24) is 0 Å². The second-order valence-electron chi connectivity index (χ2n) is 2.49. The number of carbonyl (C=O) groups is 2. The quantitative estimate of drug-likeness (QED) is 0.660. The Balaban J connectivity index is 3.44. The van der Waals surface area contributed by atoms with Crippen molar-refractivity contribution in [3.05, 3.63) is 0 Å². The van der Waals surface area contributed by atoms with E-state index < -0.39 is 6.09 Å². The maximum atomic E-state index is 10.5. The van der Waals surface area contributed by atoms with Gasteiger partial charge in [-0.25, -0.2) is 4.79 Å². The fourth-order valence-electron chi connectivity index (χ4n) is 0.664. The van der Waals surface area contributed by atoms with Gasteiger partial charge in [0.25, 0.3) is 0 Å². The molecule has 0 heterocycles. The van der Waals surface area contributed by atoms with Crippen molar-refractivity contribution >= 4 is 11.9 Å². The van der Waals surface area contributed by atoms with Crippen molar-refractivity contribution in [3.8, 4) is 0 Å². The Bertz CT molecular complexity index is 156. The molecule has 4 heteroatoms. The first-order valence-electron chi connectivity index (χ1n) is 3.48. The molecular weight excluding hydrogens is 146 g/mol. The summed E-state index contributed by atoms with van der Waals surface area (Å²) in [6.45, 7) is 3.20. The van der Waals surface area contributed by atoms with Gasteiger partial charge in [-0.2, -0.15) is 0 Å². The van der Waals surface area contributed by atoms with Crippen LogP contribution in [0.1, 0.15) is 26.7 Å². The summed E-state index contributed by atoms with van der Waals surface area (Å²) in [7, 11) is 0. The summed E-state index contributed by atoms with van der Waals surface area (Å²) in [5.41, 5.74) is 4.75. The first kappa shape index (κ1) is 9.94. The van der Waals surface area contributed by atoms with E-state index in [9.17, 15) is 9.59 Å². The third-order valence-electron chi connectivity index (χ3n) is 1.22. The van der Waals surface area contributed by atoms with Crippen LogP contribution in [0.3, 0.4) is 0 Å². The number of Topliss-reactive ketones (excluding diaryl/α,β-unsaturated/α-hetero) is 1. The van der Waals surface area contributed by atoms with Crippen LogP contribution in [0, 0.1) is 0 Å². The molecule has 0 aromatic heterocycles. The van der Waals surface area contributed by atoms with E-state index in [2.05, 4.69) is 4.74 Å². The average molecular weight is 159 g/mol. The van der Waals surface area contributed by atoms with Gasteiger partial charge < -0.3 is 15.3 Å². The smallest absolute Gasteiger partial charge is 0.404 e. The van der Waals surface area contributed by atoms with Crippen molar-refractivity contribution in [2.24, 2.45) is 5.73 Å². The highest BCUT2D eigenvalue weighted by Crippen LogP contribution is 2.01. The number of ketones is 1. The lowest BCUT2D eigenvalue weighted by atomic mass is 10.2. The minimum absolute atomic E-state index is 0.0879. The molecule has 4 nitrogen and oxygen atoms in total. The maximum absolute atomic E-state index is 10.5. The number of ether oxygens (including phenoxy) is 1. The molecule has 0 spiro atoms. The van der Waals surface area contributed by atoms with Gasteiger partial charge in [0, 0.05) is 6.42 Å². The number of primary amides is 1. The van der Waals surface area contributed by atoms with E-state index in [1.54, 1.807) is 6.92 Å². The van der Waals surface area contributed by atoms with E-state index in [1.165, 1.54) is 6.92 Å². The molecular formula is C7H13NO3. The number of carbonyl (C=O) groups excluding carboxylic acids is 2. The fraction of sp³-hybridized carbons (Fsp3) is 0.714.